The van der Waals surface area contributed by atoms with E-state index in [9.17, 15) is 14.9 Å². The van der Waals surface area contributed by atoms with Gasteiger partial charge in [0.05, 0.1) is 0 Å². The van der Waals surface area contributed by atoms with E-state index < -0.39 is 4.92 Å². The second kappa shape index (κ2) is 5.92. The molecule has 0 bridgehead atoms. The molecule has 0 spiro atoms. The number of nitrogens with one attached hydrogen (secondary N) is 1. The second-order valence-electron chi connectivity index (χ2n) is 4.51. The number of rotatable bonds is 4. The third-order valence-electron chi connectivity index (χ3n) is 3.00. The number of carbonyl (C=O) groups is 1. The van der Waals surface area contributed by atoms with Gasteiger partial charge in [-0.3, -0.25) is 4.79 Å². The lowest BCUT2D eigenvalue weighted by Crippen LogP contribution is -2.20. The standard InChI is InChI=1S/C13H13ClN4O3/c1-8-3-4-10(14)5-11(8)16-12(19)7-17-9(2)15-6-13(17)18(20)21/h3-6H,7H2,1-2H3,(H,16,19). The van der Waals surface area contributed by atoms with Gasteiger partial charge >= 0.3 is 5.82 Å². The molecule has 1 heterocycles. The maximum atomic E-state index is 12.0. The maximum absolute atomic E-state index is 12.0. The van der Waals surface area contributed by atoms with Gasteiger partial charge in [-0.05, 0) is 29.5 Å². The lowest BCUT2D eigenvalue weighted by molar-refractivity contribution is -0.392. The molecule has 1 amide bonds. The van der Waals surface area contributed by atoms with Crippen LogP contribution in [0.4, 0.5) is 11.5 Å². The number of benzene rings is 1. The highest BCUT2D eigenvalue weighted by molar-refractivity contribution is 6.31. The predicted molar refractivity (Wildman–Crippen MR) is 78.4 cm³/mol. The van der Waals surface area contributed by atoms with Crippen molar-refractivity contribution in [2.45, 2.75) is 20.4 Å². The molecule has 2 aromatic rings. The Morgan fingerprint density at radius 1 is 1.48 bits per heavy atom. The molecule has 2 rings (SSSR count). The highest BCUT2D eigenvalue weighted by Crippen LogP contribution is 2.20. The van der Waals surface area contributed by atoms with E-state index in [1.54, 1.807) is 25.1 Å². The number of halogens is 1. The number of nitrogens with zero attached hydrogens (tertiary/aromatic N) is 3. The summed E-state index contributed by atoms with van der Waals surface area (Å²) >= 11 is 5.88. The van der Waals surface area contributed by atoms with E-state index in [-0.39, 0.29) is 18.3 Å². The molecule has 0 radical (unpaired) electrons. The van der Waals surface area contributed by atoms with Crippen molar-refractivity contribution in [3.63, 3.8) is 0 Å². The molecular weight excluding hydrogens is 296 g/mol. The van der Waals surface area contributed by atoms with Gasteiger partial charge in [0.1, 0.15) is 6.20 Å². The van der Waals surface area contributed by atoms with Crippen LogP contribution in [0.25, 0.3) is 0 Å². The second-order valence-corrected chi connectivity index (χ2v) is 4.95. The summed E-state index contributed by atoms with van der Waals surface area (Å²) in [5, 5.41) is 14.1. The van der Waals surface area contributed by atoms with Crippen molar-refractivity contribution in [3.05, 3.63) is 50.9 Å². The zero-order chi connectivity index (χ0) is 15.6. The third-order valence-corrected chi connectivity index (χ3v) is 3.23. The van der Waals surface area contributed by atoms with E-state index in [4.69, 9.17) is 11.6 Å². The number of hydrogen-bond acceptors (Lipinski definition) is 4. The molecule has 0 fully saturated rings. The van der Waals surface area contributed by atoms with E-state index in [1.807, 2.05) is 6.92 Å². The van der Waals surface area contributed by atoms with Gasteiger partial charge in [0, 0.05) is 17.6 Å². The molecule has 0 aliphatic carbocycles. The average molecular weight is 309 g/mol. The molecule has 1 aromatic carbocycles. The molecule has 1 aromatic heterocycles. The minimum absolute atomic E-state index is 0.186. The molecular formula is C13H13ClN4O3. The zero-order valence-corrected chi connectivity index (χ0v) is 12.2. The molecule has 1 N–H and O–H groups in total. The van der Waals surface area contributed by atoms with Crippen LogP contribution in [0, 0.1) is 24.0 Å². The van der Waals surface area contributed by atoms with Gasteiger partial charge in [-0.25, -0.2) is 9.55 Å². The number of amides is 1. The Labute approximate surface area is 125 Å². The summed E-state index contributed by atoms with van der Waals surface area (Å²) in [6, 6.07) is 5.13. The summed E-state index contributed by atoms with van der Waals surface area (Å²) in [7, 11) is 0. The number of imidazole rings is 1. The van der Waals surface area contributed by atoms with Gasteiger partial charge in [0.2, 0.25) is 0 Å². The number of anilines is 1. The first-order valence-corrected chi connectivity index (χ1v) is 6.49. The Morgan fingerprint density at radius 3 is 2.86 bits per heavy atom. The average Bonchev–Trinajstić information content (AvgIpc) is 2.75. The summed E-state index contributed by atoms with van der Waals surface area (Å²) in [6.45, 7) is 3.25. The van der Waals surface area contributed by atoms with Gasteiger partial charge in [-0.15, -0.1) is 0 Å². The van der Waals surface area contributed by atoms with Gasteiger partial charge in [0.25, 0.3) is 5.91 Å². The highest BCUT2D eigenvalue weighted by Gasteiger charge is 2.20. The molecule has 7 nitrogen and oxygen atoms in total. The van der Waals surface area contributed by atoms with E-state index >= 15 is 0 Å². The first kappa shape index (κ1) is 15.0. The van der Waals surface area contributed by atoms with E-state index in [0.717, 1.165) is 11.8 Å². The van der Waals surface area contributed by atoms with Gasteiger partial charge in [-0.1, -0.05) is 17.7 Å². The molecule has 8 heteroatoms. The Hall–Kier alpha value is -2.41. The molecule has 21 heavy (non-hydrogen) atoms. The fourth-order valence-corrected chi connectivity index (χ4v) is 2.03. The lowest BCUT2D eigenvalue weighted by Gasteiger charge is -2.08. The van der Waals surface area contributed by atoms with Crippen LogP contribution < -0.4 is 5.32 Å². The van der Waals surface area contributed by atoms with Crippen LogP contribution in [0.1, 0.15) is 11.4 Å². The van der Waals surface area contributed by atoms with Crippen LogP contribution in [0.2, 0.25) is 5.02 Å². The quantitative estimate of drug-likeness (QED) is 0.694. The van der Waals surface area contributed by atoms with Crippen LogP contribution >= 0.6 is 11.6 Å². The predicted octanol–water partition coefficient (Wildman–Crippen LogP) is 2.70. The van der Waals surface area contributed by atoms with Crippen molar-refractivity contribution in [1.29, 1.82) is 0 Å². The first-order valence-electron chi connectivity index (χ1n) is 6.11. The van der Waals surface area contributed by atoms with Gasteiger partial charge < -0.3 is 15.4 Å². The van der Waals surface area contributed by atoms with Crippen LogP contribution in [0.15, 0.2) is 24.4 Å². The number of hydrogen-bond donors (Lipinski definition) is 1. The summed E-state index contributed by atoms with van der Waals surface area (Å²) in [5.74, 6) is -0.199. The van der Waals surface area contributed by atoms with Crippen molar-refractivity contribution in [1.82, 2.24) is 9.55 Å². The van der Waals surface area contributed by atoms with Crippen LogP contribution in [0.5, 0.6) is 0 Å². The van der Waals surface area contributed by atoms with Crippen LogP contribution in [-0.2, 0) is 11.3 Å². The largest absolute Gasteiger partial charge is 0.358 e. The van der Waals surface area contributed by atoms with Crippen molar-refractivity contribution in [2.75, 3.05) is 5.32 Å². The Bertz CT molecular complexity index is 711. The minimum atomic E-state index is -0.572. The van der Waals surface area contributed by atoms with Crippen LogP contribution in [0.3, 0.4) is 0 Å². The van der Waals surface area contributed by atoms with Crippen molar-refractivity contribution in [3.8, 4) is 0 Å². The fourth-order valence-electron chi connectivity index (χ4n) is 1.86. The molecule has 0 atom stereocenters. The molecule has 0 saturated carbocycles. The third kappa shape index (κ3) is 3.38. The van der Waals surface area contributed by atoms with Crippen LogP contribution in [-0.4, -0.2) is 20.4 Å². The number of carbonyl (C=O) groups excluding carboxylic acids is 1. The summed E-state index contributed by atoms with van der Waals surface area (Å²) in [6.07, 6.45) is 1.13. The topological polar surface area (TPSA) is 90.1 Å². The smallest absolute Gasteiger partial charge is 0.343 e. The highest BCUT2D eigenvalue weighted by atomic mass is 35.5. The van der Waals surface area contributed by atoms with E-state index in [2.05, 4.69) is 10.3 Å². The number of aryl methyl sites for hydroxylation is 2. The maximum Gasteiger partial charge on any atom is 0.343 e. The Balaban J connectivity index is 2.17. The number of nitro groups is 1. The summed E-state index contributed by atoms with van der Waals surface area (Å²) in [4.78, 5) is 26.2. The van der Waals surface area contributed by atoms with Gasteiger partial charge in [-0.2, -0.15) is 0 Å². The summed E-state index contributed by atoms with van der Waals surface area (Å²) in [5.41, 5.74) is 1.43. The Morgan fingerprint density at radius 2 is 2.19 bits per heavy atom. The van der Waals surface area contributed by atoms with E-state index in [0.29, 0.717) is 16.5 Å². The Kier molecular flexibility index (Phi) is 4.23. The lowest BCUT2D eigenvalue weighted by atomic mass is 10.2. The normalized spacial score (nSPS) is 10.4. The molecule has 0 saturated heterocycles. The zero-order valence-electron chi connectivity index (χ0n) is 11.5. The summed E-state index contributed by atoms with van der Waals surface area (Å²) < 4.78 is 1.25. The first-order chi connectivity index (χ1) is 9.88. The number of aromatic nitrogens is 2. The van der Waals surface area contributed by atoms with Gasteiger partial charge in [0.15, 0.2) is 12.4 Å². The van der Waals surface area contributed by atoms with Crippen molar-refractivity contribution >= 4 is 29.0 Å². The molecule has 110 valence electrons. The van der Waals surface area contributed by atoms with E-state index in [1.165, 1.54) is 4.57 Å². The van der Waals surface area contributed by atoms with Crippen molar-refractivity contribution < 1.29 is 9.72 Å². The SMILES string of the molecule is Cc1ccc(Cl)cc1NC(=O)Cn1c([N+](=O)[O-])cnc1C. The minimum Gasteiger partial charge on any atom is -0.358 e. The molecule has 0 aliphatic rings. The monoisotopic (exact) mass is 308 g/mol. The van der Waals surface area contributed by atoms with Crippen molar-refractivity contribution in [2.24, 2.45) is 0 Å². The fraction of sp³-hybridized carbons (Fsp3) is 0.231. The molecule has 0 aliphatic heterocycles. The molecule has 0 unspecified atom stereocenters.